The Kier molecular flexibility index (Phi) is 5.48. The summed E-state index contributed by atoms with van der Waals surface area (Å²) in [7, 11) is 0. The largest absolute Gasteiger partial charge is 0.419 e. The van der Waals surface area contributed by atoms with Crippen LogP contribution in [0, 0.1) is 17.1 Å². The monoisotopic (exact) mass is 418 g/mol. The van der Waals surface area contributed by atoms with E-state index in [9.17, 15) is 17.6 Å². The van der Waals surface area contributed by atoms with Gasteiger partial charge in [-0.15, -0.1) is 5.10 Å². The number of nitrogens with one attached hydrogen (secondary N) is 1. The molecule has 1 atom stereocenters. The molecule has 0 saturated carbocycles. The van der Waals surface area contributed by atoms with E-state index in [1.807, 2.05) is 26.8 Å². The second-order valence-electron chi connectivity index (χ2n) is 7.62. The maximum atomic E-state index is 13.7. The normalized spacial score (nSPS) is 13.0. The van der Waals surface area contributed by atoms with Crippen LogP contribution in [-0.2, 0) is 11.7 Å². The van der Waals surface area contributed by atoms with Gasteiger partial charge >= 0.3 is 6.18 Å². The number of nitriles is 1. The second-order valence-corrected chi connectivity index (χ2v) is 7.62. The van der Waals surface area contributed by atoms with Crippen LogP contribution in [0.15, 0.2) is 42.5 Å². The highest BCUT2D eigenvalue weighted by Gasteiger charge is 2.35. The second kappa shape index (κ2) is 7.74. The Balaban J connectivity index is 2.10. The summed E-state index contributed by atoms with van der Waals surface area (Å²) in [6, 6.07) is 10.4. The molecule has 0 fully saturated rings. The number of aromatic nitrogens is 4. The maximum absolute atomic E-state index is 13.7. The first-order chi connectivity index (χ1) is 14.0. The average molecular weight is 418 g/mol. The average Bonchev–Trinajstić information content (AvgIpc) is 3.16. The van der Waals surface area contributed by atoms with E-state index in [4.69, 9.17) is 5.26 Å². The number of benzene rings is 2. The van der Waals surface area contributed by atoms with E-state index in [1.165, 1.54) is 6.07 Å². The zero-order valence-electron chi connectivity index (χ0n) is 16.4. The van der Waals surface area contributed by atoms with Crippen molar-refractivity contribution in [1.82, 2.24) is 20.2 Å². The van der Waals surface area contributed by atoms with Gasteiger partial charge in [0, 0.05) is 5.69 Å². The number of nitrogens with zero attached hydrogens (tertiary/aromatic N) is 5. The molecule has 1 aromatic heterocycles. The third-order valence-corrected chi connectivity index (χ3v) is 4.34. The molecule has 0 aliphatic heterocycles. The summed E-state index contributed by atoms with van der Waals surface area (Å²) in [4.78, 5) is 0. The van der Waals surface area contributed by atoms with Crippen molar-refractivity contribution >= 4 is 5.69 Å². The molecule has 0 saturated heterocycles. The highest BCUT2D eigenvalue weighted by Crippen LogP contribution is 2.35. The fraction of sp³-hybridized carbons (Fsp3) is 0.300. The predicted molar refractivity (Wildman–Crippen MR) is 101 cm³/mol. The molecule has 10 heteroatoms. The lowest BCUT2D eigenvalue weighted by molar-refractivity contribution is -0.139. The molecule has 0 bridgehead atoms. The molecule has 3 aromatic rings. The summed E-state index contributed by atoms with van der Waals surface area (Å²) < 4.78 is 54.6. The molecule has 156 valence electrons. The number of tetrazole rings is 1. The Hall–Kier alpha value is -3.48. The number of hydrogen-bond acceptors (Lipinski definition) is 5. The third-order valence-electron chi connectivity index (χ3n) is 4.34. The van der Waals surface area contributed by atoms with Crippen molar-refractivity contribution in [2.45, 2.75) is 38.5 Å². The fourth-order valence-electron chi connectivity index (χ4n) is 2.90. The van der Waals surface area contributed by atoms with E-state index in [2.05, 4.69) is 20.8 Å². The van der Waals surface area contributed by atoms with Crippen LogP contribution in [0.4, 0.5) is 23.2 Å². The topological polar surface area (TPSA) is 79.4 Å². The van der Waals surface area contributed by atoms with Crippen molar-refractivity contribution in [2.75, 3.05) is 5.32 Å². The molecule has 0 amide bonds. The first-order valence-corrected chi connectivity index (χ1v) is 8.93. The minimum atomic E-state index is -4.83. The van der Waals surface area contributed by atoms with Gasteiger partial charge in [-0.05, 0) is 67.1 Å². The van der Waals surface area contributed by atoms with Gasteiger partial charge in [-0.1, -0.05) is 12.1 Å². The van der Waals surface area contributed by atoms with Crippen molar-refractivity contribution in [3.8, 4) is 6.07 Å². The Bertz CT molecular complexity index is 1070. The number of anilines is 1. The van der Waals surface area contributed by atoms with Crippen LogP contribution in [0.2, 0.25) is 0 Å². The standard InChI is InChI=1S/C20H18F4N6/c1-19(2,3)30-18(27-28-29-30)17(13-6-4-12(11-25)5-7-13)26-14-8-9-16(21)15(10-14)20(22,23)24/h4-10,17,26H,1-3H3/t17-/m1/s1. The zero-order valence-corrected chi connectivity index (χ0v) is 16.4. The molecule has 2 aromatic carbocycles. The van der Waals surface area contributed by atoms with Crippen LogP contribution in [0.25, 0.3) is 0 Å². The highest BCUT2D eigenvalue weighted by atomic mass is 19.4. The van der Waals surface area contributed by atoms with Crippen molar-refractivity contribution in [1.29, 1.82) is 5.26 Å². The molecule has 6 nitrogen and oxygen atoms in total. The Morgan fingerprint density at radius 2 is 1.73 bits per heavy atom. The van der Waals surface area contributed by atoms with E-state index >= 15 is 0 Å². The minimum Gasteiger partial charge on any atom is -0.371 e. The third kappa shape index (κ3) is 4.40. The van der Waals surface area contributed by atoms with Gasteiger partial charge in [0.2, 0.25) is 0 Å². The summed E-state index contributed by atoms with van der Waals surface area (Å²) in [5.41, 5.74) is -0.796. The van der Waals surface area contributed by atoms with E-state index in [1.54, 1.807) is 28.9 Å². The summed E-state index contributed by atoms with van der Waals surface area (Å²) >= 11 is 0. The molecule has 0 spiro atoms. The van der Waals surface area contributed by atoms with E-state index < -0.39 is 29.1 Å². The summed E-state index contributed by atoms with van der Waals surface area (Å²) in [5.74, 6) is -1.01. The summed E-state index contributed by atoms with van der Waals surface area (Å²) in [6.07, 6.45) is -4.83. The number of rotatable bonds is 4. The Morgan fingerprint density at radius 1 is 1.07 bits per heavy atom. The Morgan fingerprint density at radius 3 is 2.30 bits per heavy atom. The first kappa shape index (κ1) is 21.2. The number of alkyl halides is 3. The van der Waals surface area contributed by atoms with Crippen molar-refractivity contribution in [3.05, 3.63) is 70.8 Å². The zero-order chi connectivity index (χ0) is 22.1. The van der Waals surface area contributed by atoms with Gasteiger partial charge < -0.3 is 5.32 Å². The molecule has 1 N–H and O–H groups in total. The van der Waals surface area contributed by atoms with Crippen molar-refractivity contribution in [2.24, 2.45) is 0 Å². The van der Waals surface area contributed by atoms with Gasteiger partial charge in [0.25, 0.3) is 0 Å². The van der Waals surface area contributed by atoms with Crippen molar-refractivity contribution in [3.63, 3.8) is 0 Å². The molecule has 3 rings (SSSR count). The summed E-state index contributed by atoms with van der Waals surface area (Å²) in [5, 5.41) is 23.8. The SMILES string of the molecule is CC(C)(C)n1nnnc1[C@H](Nc1ccc(F)c(C(F)(F)F)c1)c1ccc(C#N)cc1. The molecule has 0 unspecified atom stereocenters. The first-order valence-electron chi connectivity index (χ1n) is 8.93. The minimum absolute atomic E-state index is 0.0431. The Labute approximate surface area is 170 Å². The quantitative estimate of drug-likeness (QED) is 0.624. The van der Waals surface area contributed by atoms with Gasteiger partial charge in [-0.2, -0.15) is 18.4 Å². The van der Waals surface area contributed by atoms with Gasteiger partial charge in [0.15, 0.2) is 5.82 Å². The van der Waals surface area contributed by atoms with E-state index in [0.717, 1.165) is 6.07 Å². The molecule has 30 heavy (non-hydrogen) atoms. The van der Waals surface area contributed by atoms with Gasteiger partial charge in [0.05, 0.1) is 22.7 Å². The predicted octanol–water partition coefficient (Wildman–Crippen LogP) is 4.66. The summed E-state index contributed by atoms with van der Waals surface area (Å²) in [6.45, 7) is 5.63. The highest BCUT2D eigenvalue weighted by molar-refractivity contribution is 5.51. The lowest BCUT2D eigenvalue weighted by atomic mass is 10.0. The maximum Gasteiger partial charge on any atom is 0.419 e. The molecule has 0 aliphatic carbocycles. The molecular formula is C20H18F4N6. The lowest BCUT2D eigenvalue weighted by Crippen LogP contribution is -2.29. The lowest BCUT2D eigenvalue weighted by Gasteiger charge is -2.25. The van der Waals surface area contributed by atoms with Crippen LogP contribution in [0.1, 0.15) is 49.3 Å². The fourth-order valence-corrected chi connectivity index (χ4v) is 2.90. The van der Waals surface area contributed by atoms with Crippen LogP contribution < -0.4 is 5.32 Å². The van der Waals surface area contributed by atoms with E-state index in [-0.39, 0.29) is 5.69 Å². The van der Waals surface area contributed by atoms with Gasteiger partial charge in [0.1, 0.15) is 11.9 Å². The van der Waals surface area contributed by atoms with Crippen LogP contribution in [0.3, 0.4) is 0 Å². The van der Waals surface area contributed by atoms with Crippen molar-refractivity contribution < 1.29 is 17.6 Å². The van der Waals surface area contributed by atoms with Gasteiger partial charge in [-0.25, -0.2) is 9.07 Å². The van der Waals surface area contributed by atoms with E-state index in [0.29, 0.717) is 23.0 Å². The van der Waals surface area contributed by atoms with Crippen LogP contribution >= 0.6 is 0 Å². The number of hydrogen-bond donors (Lipinski definition) is 1. The molecule has 1 heterocycles. The van der Waals surface area contributed by atoms with Crippen LogP contribution in [0.5, 0.6) is 0 Å². The molecule has 0 aliphatic rings. The molecule has 0 radical (unpaired) electrons. The smallest absolute Gasteiger partial charge is 0.371 e. The molecular weight excluding hydrogens is 400 g/mol. The van der Waals surface area contributed by atoms with Gasteiger partial charge in [-0.3, -0.25) is 0 Å². The number of halogens is 4. The van der Waals surface area contributed by atoms with Crippen LogP contribution in [-0.4, -0.2) is 20.2 Å².